The van der Waals surface area contributed by atoms with Crippen molar-refractivity contribution in [3.63, 3.8) is 0 Å². The summed E-state index contributed by atoms with van der Waals surface area (Å²) in [5.74, 6) is 0.442. The highest BCUT2D eigenvalue weighted by atomic mass is 16.5. The average molecular weight is 352 g/mol. The van der Waals surface area contributed by atoms with Crippen LogP contribution in [0.1, 0.15) is 42.1 Å². The summed E-state index contributed by atoms with van der Waals surface area (Å²) >= 11 is 0. The van der Waals surface area contributed by atoms with Gasteiger partial charge in [-0.05, 0) is 32.4 Å². The first kappa shape index (κ1) is 18.0. The molecule has 1 aliphatic rings. The monoisotopic (exact) mass is 352 g/mol. The second kappa shape index (κ2) is 7.20. The lowest BCUT2D eigenvalue weighted by Crippen LogP contribution is -2.36. The smallest absolute Gasteiger partial charge is 0.254 e. The molecule has 0 saturated heterocycles. The van der Waals surface area contributed by atoms with E-state index in [1.165, 1.54) is 6.92 Å². The molecule has 3 rings (SSSR count). The van der Waals surface area contributed by atoms with Crippen LogP contribution < -0.4 is 15.0 Å². The number of anilines is 1. The van der Waals surface area contributed by atoms with E-state index in [0.29, 0.717) is 13.2 Å². The van der Waals surface area contributed by atoms with Crippen molar-refractivity contribution in [2.24, 2.45) is 0 Å². The van der Waals surface area contributed by atoms with E-state index < -0.39 is 6.04 Å². The quantitative estimate of drug-likeness (QED) is 0.897. The molecule has 1 heterocycles. The molecule has 2 amide bonds. The molecule has 0 radical (unpaired) electrons. The molecule has 1 aliphatic heterocycles. The van der Waals surface area contributed by atoms with Gasteiger partial charge in [0.05, 0.1) is 18.8 Å². The summed E-state index contributed by atoms with van der Waals surface area (Å²) in [5, 5.41) is 2.80. The Labute approximate surface area is 154 Å². The summed E-state index contributed by atoms with van der Waals surface area (Å²) in [7, 11) is 0. The van der Waals surface area contributed by atoms with E-state index in [0.717, 1.165) is 33.7 Å². The van der Waals surface area contributed by atoms with Crippen LogP contribution in [0.15, 0.2) is 36.4 Å². The van der Waals surface area contributed by atoms with Crippen LogP contribution in [0, 0.1) is 13.8 Å². The van der Waals surface area contributed by atoms with Crippen LogP contribution in [-0.2, 0) is 16.1 Å². The average Bonchev–Trinajstić information content (AvgIpc) is 2.82. The van der Waals surface area contributed by atoms with Crippen LogP contribution in [0.3, 0.4) is 0 Å². The fourth-order valence-corrected chi connectivity index (χ4v) is 3.58. The van der Waals surface area contributed by atoms with Gasteiger partial charge in [0, 0.05) is 18.1 Å². The van der Waals surface area contributed by atoms with Crippen molar-refractivity contribution in [2.75, 3.05) is 11.5 Å². The van der Waals surface area contributed by atoms with E-state index >= 15 is 0 Å². The SMILES string of the molecule is CCOc1ccccc1CN1C(=O)[C@@H](NC(C)=O)c2cc(C)cc(C)c21. The molecule has 5 heteroatoms. The van der Waals surface area contributed by atoms with Crippen LogP contribution in [-0.4, -0.2) is 18.4 Å². The molecule has 1 N–H and O–H groups in total. The van der Waals surface area contributed by atoms with Gasteiger partial charge < -0.3 is 15.0 Å². The van der Waals surface area contributed by atoms with Gasteiger partial charge in [-0.2, -0.15) is 0 Å². The van der Waals surface area contributed by atoms with Crippen molar-refractivity contribution in [3.05, 3.63) is 58.7 Å². The number of fused-ring (bicyclic) bond motifs is 1. The number of benzene rings is 2. The first-order valence-electron chi connectivity index (χ1n) is 8.82. The third-order valence-corrected chi connectivity index (χ3v) is 4.52. The first-order valence-corrected chi connectivity index (χ1v) is 8.82. The summed E-state index contributed by atoms with van der Waals surface area (Å²) < 4.78 is 5.70. The highest BCUT2D eigenvalue weighted by Crippen LogP contribution is 2.40. The number of amides is 2. The van der Waals surface area contributed by atoms with Crippen LogP contribution in [0.2, 0.25) is 0 Å². The van der Waals surface area contributed by atoms with Gasteiger partial charge in [-0.1, -0.05) is 35.9 Å². The van der Waals surface area contributed by atoms with Gasteiger partial charge >= 0.3 is 0 Å². The molecular weight excluding hydrogens is 328 g/mol. The van der Waals surface area contributed by atoms with Gasteiger partial charge in [-0.15, -0.1) is 0 Å². The fraction of sp³-hybridized carbons (Fsp3) is 0.333. The van der Waals surface area contributed by atoms with E-state index in [9.17, 15) is 9.59 Å². The summed E-state index contributed by atoms with van der Waals surface area (Å²) in [6.07, 6.45) is 0. The second-order valence-electron chi connectivity index (χ2n) is 6.62. The first-order chi connectivity index (χ1) is 12.4. The fourth-order valence-electron chi connectivity index (χ4n) is 3.58. The van der Waals surface area contributed by atoms with Crippen molar-refractivity contribution < 1.29 is 14.3 Å². The molecule has 0 unspecified atom stereocenters. The standard InChI is InChI=1S/C21H24N2O3/c1-5-26-18-9-7-6-8-16(18)12-23-20-14(3)10-13(2)11-17(20)19(21(23)25)22-15(4)24/h6-11,19H,5,12H2,1-4H3,(H,22,24)/t19-/m0/s1. The minimum Gasteiger partial charge on any atom is -0.494 e. The lowest BCUT2D eigenvalue weighted by molar-refractivity contribution is -0.126. The van der Waals surface area contributed by atoms with Gasteiger partial charge in [0.25, 0.3) is 5.91 Å². The highest BCUT2D eigenvalue weighted by molar-refractivity contribution is 6.06. The van der Waals surface area contributed by atoms with Crippen molar-refractivity contribution in [2.45, 2.75) is 40.3 Å². The second-order valence-corrected chi connectivity index (χ2v) is 6.62. The zero-order valence-corrected chi connectivity index (χ0v) is 15.6. The third kappa shape index (κ3) is 3.29. The van der Waals surface area contributed by atoms with Crippen LogP contribution in [0.5, 0.6) is 5.75 Å². The van der Waals surface area contributed by atoms with Crippen molar-refractivity contribution in [1.29, 1.82) is 0 Å². The number of ether oxygens (including phenoxy) is 1. The largest absolute Gasteiger partial charge is 0.494 e. The molecule has 0 spiro atoms. The molecule has 0 bridgehead atoms. The molecule has 26 heavy (non-hydrogen) atoms. The normalized spacial score (nSPS) is 15.8. The Kier molecular flexibility index (Phi) is 4.98. The molecule has 0 saturated carbocycles. The maximum absolute atomic E-state index is 13.1. The molecule has 5 nitrogen and oxygen atoms in total. The molecule has 136 valence electrons. The number of nitrogens with one attached hydrogen (secondary N) is 1. The number of hydrogen-bond donors (Lipinski definition) is 1. The van der Waals surface area contributed by atoms with Crippen molar-refractivity contribution >= 4 is 17.5 Å². The molecule has 2 aromatic rings. The number of aryl methyl sites for hydroxylation is 2. The van der Waals surface area contributed by atoms with Gasteiger partial charge in [0.2, 0.25) is 5.91 Å². The van der Waals surface area contributed by atoms with Crippen LogP contribution in [0.25, 0.3) is 0 Å². The van der Waals surface area contributed by atoms with E-state index in [1.807, 2.05) is 51.1 Å². The van der Waals surface area contributed by atoms with E-state index in [-0.39, 0.29) is 11.8 Å². The minimum absolute atomic E-state index is 0.116. The maximum Gasteiger partial charge on any atom is 0.254 e. The predicted octanol–water partition coefficient (Wildman–Crippen LogP) is 3.43. The summed E-state index contributed by atoms with van der Waals surface area (Å²) in [6, 6.07) is 11.1. The van der Waals surface area contributed by atoms with E-state index in [4.69, 9.17) is 4.74 Å². The van der Waals surface area contributed by atoms with Gasteiger partial charge in [0.1, 0.15) is 11.8 Å². The zero-order valence-electron chi connectivity index (χ0n) is 15.6. The number of para-hydroxylation sites is 1. The number of rotatable bonds is 5. The van der Waals surface area contributed by atoms with Gasteiger partial charge in [-0.3, -0.25) is 9.59 Å². The molecule has 0 aliphatic carbocycles. The van der Waals surface area contributed by atoms with Gasteiger partial charge in [0.15, 0.2) is 0 Å². The summed E-state index contributed by atoms with van der Waals surface area (Å²) in [5.41, 5.74) is 4.77. The minimum atomic E-state index is -0.639. The van der Waals surface area contributed by atoms with Crippen molar-refractivity contribution in [1.82, 2.24) is 5.32 Å². The highest BCUT2D eigenvalue weighted by Gasteiger charge is 2.39. The Morgan fingerprint density at radius 2 is 1.96 bits per heavy atom. The van der Waals surface area contributed by atoms with E-state index in [2.05, 4.69) is 11.4 Å². The number of carbonyl (C=O) groups excluding carboxylic acids is 2. The maximum atomic E-state index is 13.1. The van der Waals surface area contributed by atoms with E-state index in [1.54, 1.807) is 4.90 Å². The van der Waals surface area contributed by atoms with Crippen LogP contribution in [0.4, 0.5) is 5.69 Å². The summed E-state index contributed by atoms with van der Waals surface area (Å²) in [4.78, 5) is 26.5. The number of nitrogens with zero attached hydrogens (tertiary/aromatic N) is 1. The Hall–Kier alpha value is -2.82. The molecular formula is C21H24N2O3. The topological polar surface area (TPSA) is 58.6 Å². The Morgan fingerprint density at radius 3 is 2.65 bits per heavy atom. The lowest BCUT2D eigenvalue weighted by atomic mass is 10.0. The lowest BCUT2D eigenvalue weighted by Gasteiger charge is -2.21. The van der Waals surface area contributed by atoms with Gasteiger partial charge in [-0.25, -0.2) is 0 Å². The van der Waals surface area contributed by atoms with Crippen LogP contribution >= 0.6 is 0 Å². The zero-order chi connectivity index (χ0) is 18.8. The Morgan fingerprint density at radius 1 is 1.23 bits per heavy atom. The molecule has 0 fully saturated rings. The predicted molar refractivity (Wildman–Crippen MR) is 101 cm³/mol. The summed E-state index contributed by atoms with van der Waals surface area (Å²) in [6.45, 7) is 8.33. The van der Waals surface area contributed by atoms with Crippen molar-refractivity contribution in [3.8, 4) is 5.75 Å². The number of carbonyl (C=O) groups is 2. The molecule has 2 aromatic carbocycles. The molecule has 1 atom stereocenters. The third-order valence-electron chi connectivity index (χ3n) is 4.52. The Balaban J connectivity index is 2.04. The molecule has 0 aromatic heterocycles. The Bertz CT molecular complexity index is 860. The number of hydrogen-bond acceptors (Lipinski definition) is 3.